The Hall–Kier alpha value is -0.190. The van der Waals surface area contributed by atoms with Crippen molar-refractivity contribution in [3.05, 3.63) is 12.2 Å². The lowest BCUT2D eigenvalue weighted by molar-refractivity contribution is 0.193. The van der Waals surface area contributed by atoms with Crippen LogP contribution in [0.5, 0.6) is 0 Å². The second-order valence-electron chi connectivity index (χ2n) is 11.5. The number of phosphoric acid groups is 1. The van der Waals surface area contributed by atoms with Gasteiger partial charge in [0.1, 0.15) is 0 Å². The molecule has 0 radical (unpaired) electrons. The molecule has 0 aromatic heterocycles. The van der Waals surface area contributed by atoms with Crippen LogP contribution in [0.1, 0.15) is 188 Å². The van der Waals surface area contributed by atoms with E-state index in [-0.39, 0.29) is 6.61 Å². The minimum absolute atomic E-state index is 0.158. The summed E-state index contributed by atoms with van der Waals surface area (Å²) >= 11 is 0. The lowest BCUT2D eigenvalue weighted by Crippen LogP contribution is -2.16. The summed E-state index contributed by atoms with van der Waals surface area (Å²) in [5, 5.41) is 3.57. The zero-order valence-electron chi connectivity index (χ0n) is 27.3. The average Bonchev–Trinajstić information content (AvgIpc) is 2.93. The highest BCUT2D eigenvalue weighted by atomic mass is 31.2. The number of nitrogens with one attached hydrogen (secondary N) is 1. The van der Waals surface area contributed by atoms with Gasteiger partial charge in [0.05, 0.1) is 6.61 Å². The fourth-order valence-corrected chi connectivity index (χ4v) is 5.09. The van der Waals surface area contributed by atoms with Crippen LogP contribution in [0.4, 0.5) is 0 Å². The van der Waals surface area contributed by atoms with Crippen molar-refractivity contribution in [2.45, 2.75) is 188 Å². The van der Waals surface area contributed by atoms with Crippen molar-refractivity contribution in [2.24, 2.45) is 0 Å². The second-order valence-corrected chi connectivity index (χ2v) is 12.8. The molecular weight excluding hydrogens is 517 g/mol. The maximum absolute atomic E-state index is 10.5. The molecule has 0 aliphatic carbocycles. The van der Waals surface area contributed by atoms with Crippen LogP contribution in [-0.4, -0.2) is 29.5 Å². The summed E-state index contributed by atoms with van der Waals surface area (Å²) in [4.78, 5) is 17.1. The molecule has 5 nitrogen and oxygen atoms in total. The van der Waals surface area contributed by atoms with Crippen LogP contribution in [0.15, 0.2) is 12.2 Å². The van der Waals surface area contributed by atoms with E-state index in [0.717, 1.165) is 19.3 Å². The molecule has 0 aromatic rings. The molecule has 0 aliphatic rings. The van der Waals surface area contributed by atoms with Gasteiger partial charge in [0, 0.05) is 0 Å². The van der Waals surface area contributed by atoms with Gasteiger partial charge >= 0.3 is 7.82 Å². The van der Waals surface area contributed by atoms with Crippen LogP contribution in [-0.2, 0) is 9.09 Å². The summed E-state index contributed by atoms with van der Waals surface area (Å²) in [6.07, 6.45) is 38.6. The zero-order valence-corrected chi connectivity index (χ0v) is 28.2. The standard InChI is InChI=1S/C18H37O4P.C16H35N/c1-2-3-4-5-6-7-8-9-10-11-12-13-14-15-16-17-18-22-23(19,20)21;1-3-5-7-9-11-13-15-17-16-14-12-10-8-6-4-2/h9-10H,2-8,11-18H2,1H3,(H2,19,20,21);17H,3-16H2,1-2H3. The Bertz CT molecular complexity index is 510. The largest absolute Gasteiger partial charge is 0.469 e. The molecule has 3 N–H and O–H groups in total. The third kappa shape index (κ3) is 44.8. The summed E-state index contributed by atoms with van der Waals surface area (Å²) in [7, 11) is -4.26. The number of hydrogen-bond acceptors (Lipinski definition) is 3. The van der Waals surface area contributed by atoms with Gasteiger partial charge in [-0.25, -0.2) is 4.57 Å². The van der Waals surface area contributed by atoms with E-state index in [0.29, 0.717) is 0 Å². The van der Waals surface area contributed by atoms with Crippen LogP contribution < -0.4 is 5.32 Å². The van der Waals surface area contributed by atoms with E-state index >= 15 is 0 Å². The van der Waals surface area contributed by atoms with E-state index in [9.17, 15) is 4.57 Å². The van der Waals surface area contributed by atoms with Crippen molar-refractivity contribution in [1.29, 1.82) is 0 Å². The van der Waals surface area contributed by atoms with E-state index < -0.39 is 7.82 Å². The lowest BCUT2D eigenvalue weighted by Gasteiger charge is -2.04. The predicted octanol–water partition coefficient (Wildman–Crippen LogP) is 11.4. The van der Waals surface area contributed by atoms with E-state index in [4.69, 9.17) is 9.79 Å². The smallest absolute Gasteiger partial charge is 0.317 e. The van der Waals surface area contributed by atoms with Gasteiger partial charge in [0.25, 0.3) is 0 Å². The monoisotopic (exact) mass is 590 g/mol. The van der Waals surface area contributed by atoms with E-state index in [1.165, 1.54) is 161 Å². The minimum Gasteiger partial charge on any atom is -0.317 e. The molecule has 0 aromatic carbocycles. The Labute approximate surface area is 251 Å². The molecule has 0 spiro atoms. The molecule has 0 bridgehead atoms. The molecule has 0 fully saturated rings. The van der Waals surface area contributed by atoms with Crippen molar-refractivity contribution in [3.63, 3.8) is 0 Å². The van der Waals surface area contributed by atoms with Gasteiger partial charge in [-0.1, -0.05) is 155 Å². The van der Waals surface area contributed by atoms with Gasteiger partial charge < -0.3 is 15.1 Å². The molecule has 40 heavy (non-hydrogen) atoms. The van der Waals surface area contributed by atoms with Crippen molar-refractivity contribution in [1.82, 2.24) is 5.32 Å². The lowest BCUT2D eigenvalue weighted by atomic mass is 10.1. The molecule has 0 unspecified atom stereocenters. The van der Waals surface area contributed by atoms with Crippen molar-refractivity contribution >= 4 is 7.82 Å². The Balaban J connectivity index is 0. The van der Waals surface area contributed by atoms with Gasteiger partial charge in [-0.3, -0.25) is 4.52 Å². The number of rotatable bonds is 31. The average molecular weight is 590 g/mol. The molecule has 242 valence electrons. The molecule has 6 heteroatoms. The first-order valence-electron chi connectivity index (χ1n) is 17.5. The number of allylic oxidation sites excluding steroid dienone is 2. The molecule has 0 saturated carbocycles. The SMILES string of the molecule is CCCCCCCCC=CCCCCCCCCOP(=O)(O)O.CCCCCCCCNCCCCCCCC. The number of phosphoric ester groups is 1. The summed E-state index contributed by atoms with van der Waals surface area (Å²) in [6.45, 7) is 9.45. The molecule has 0 amide bonds. The summed E-state index contributed by atoms with van der Waals surface area (Å²) < 4.78 is 14.9. The highest BCUT2D eigenvalue weighted by molar-refractivity contribution is 7.46. The summed E-state index contributed by atoms with van der Waals surface area (Å²) in [6, 6.07) is 0. The molecule has 0 atom stereocenters. The first-order valence-corrected chi connectivity index (χ1v) is 19.1. The van der Waals surface area contributed by atoms with Crippen molar-refractivity contribution in [3.8, 4) is 0 Å². The van der Waals surface area contributed by atoms with Gasteiger partial charge in [-0.2, -0.15) is 0 Å². The van der Waals surface area contributed by atoms with Crippen molar-refractivity contribution < 1.29 is 18.9 Å². The van der Waals surface area contributed by atoms with Gasteiger partial charge in [-0.05, 0) is 58.0 Å². The second kappa shape index (κ2) is 36.8. The maximum Gasteiger partial charge on any atom is 0.469 e. The fourth-order valence-electron chi connectivity index (χ4n) is 4.72. The molecule has 0 saturated heterocycles. The van der Waals surface area contributed by atoms with Crippen molar-refractivity contribution in [2.75, 3.05) is 19.7 Å². The fraction of sp³-hybridized carbons (Fsp3) is 0.941. The number of unbranched alkanes of at least 4 members (excludes halogenated alkanes) is 22. The van der Waals surface area contributed by atoms with Crippen LogP contribution in [0.3, 0.4) is 0 Å². The van der Waals surface area contributed by atoms with Gasteiger partial charge in [0.2, 0.25) is 0 Å². The van der Waals surface area contributed by atoms with Crippen LogP contribution in [0.25, 0.3) is 0 Å². The highest BCUT2D eigenvalue weighted by Gasteiger charge is 2.12. The quantitative estimate of drug-likeness (QED) is 0.0426. The summed E-state index contributed by atoms with van der Waals surface area (Å²) in [5.41, 5.74) is 0. The number of hydrogen-bond donors (Lipinski definition) is 3. The summed E-state index contributed by atoms with van der Waals surface area (Å²) in [5.74, 6) is 0. The normalized spacial score (nSPS) is 11.7. The minimum atomic E-state index is -4.26. The van der Waals surface area contributed by atoms with Crippen LogP contribution in [0.2, 0.25) is 0 Å². The Morgan fingerprint density at radius 3 is 1.20 bits per heavy atom. The predicted molar refractivity (Wildman–Crippen MR) is 177 cm³/mol. The van der Waals surface area contributed by atoms with Crippen LogP contribution in [0, 0.1) is 0 Å². The first-order chi connectivity index (χ1) is 19.5. The topological polar surface area (TPSA) is 78.8 Å². The third-order valence-electron chi connectivity index (χ3n) is 7.33. The highest BCUT2D eigenvalue weighted by Crippen LogP contribution is 2.35. The first kappa shape index (κ1) is 41.9. The maximum atomic E-state index is 10.5. The Morgan fingerprint density at radius 2 is 0.825 bits per heavy atom. The third-order valence-corrected chi connectivity index (χ3v) is 7.85. The molecular formula is C34H72NO4P. The molecule has 0 heterocycles. The Morgan fingerprint density at radius 1 is 0.500 bits per heavy atom. The van der Waals surface area contributed by atoms with E-state index in [2.05, 4.69) is 42.8 Å². The molecule has 0 rings (SSSR count). The van der Waals surface area contributed by atoms with E-state index in [1.807, 2.05) is 0 Å². The molecule has 0 aliphatic heterocycles. The van der Waals surface area contributed by atoms with Gasteiger partial charge in [-0.15, -0.1) is 0 Å². The van der Waals surface area contributed by atoms with E-state index in [1.54, 1.807) is 0 Å². The Kier molecular flexibility index (Phi) is 38.6. The zero-order chi connectivity index (χ0) is 29.8. The van der Waals surface area contributed by atoms with Crippen LogP contribution >= 0.6 is 7.82 Å². The van der Waals surface area contributed by atoms with Gasteiger partial charge in [0.15, 0.2) is 0 Å².